The molecule has 0 fully saturated rings. The maximum atomic E-state index is 14.0. The van der Waals surface area contributed by atoms with Gasteiger partial charge in [-0.05, 0) is 44.0 Å². The number of carbonyl (C=O) groups is 3. The third-order valence-corrected chi connectivity index (χ3v) is 4.76. The van der Waals surface area contributed by atoms with Crippen LogP contribution in [0.25, 0.3) is 0 Å². The van der Waals surface area contributed by atoms with Gasteiger partial charge in [-0.1, -0.05) is 23.7 Å². The molecule has 9 heteroatoms. The van der Waals surface area contributed by atoms with Crippen LogP contribution in [0.3, 0.4) is 0 Å². The molecular formula is C23H25ClFNO6. The first-order chi connectivity index (χ1) is 15.3. The molecular weight excluding hydrogens is 441 g/mol. The maximum absolute atomic E-state index is 14.0. The molecule has 1 N–H and O–H groups in total. The highest BCUT2D eigenvalue weighted by atomic mass is 35.5. The predicted molar refractivity (Wildman–Crippen MR) is 117 cm³/mol. The van der Waals surface area contributed by atoms with Gasteiger partial charge >= 0.3 is 11.9 Å². The van der Waals surface area contributed by atoms with Gasteiger partial charge in [-0.2, -0.15) is 0 Å². The number of carbonyl (C=O) groups excluding carboxylic acids is 3. The van der Waals surface area contributed by atoms with E-state index in [1.165, 1.54) is 25.1 Å². The third-order valence-electron chi connectivity index (χ3n) is 4.40. The number of amides is 1. The lowest BCUT2D eigenvalue weighted by Crippen LogP contribution is -2.30. The summed E-state index contributed by atoms with van der Waals surface area (Å²) in [5, 5.41) is 2.89. The molecule has 0 saturated heterocycles. The number of benzene rings is 2. The Hall–Kier alpha value is -3.13. The molecule has 7 nitrogen and oxygen atoms in total. The van der Waals surface area contributed by atoms with E-state index in [1.807, 2.05) is 0 Å². The second-order valence-electron chi connectivity index (χ2n) is 6.75. The van der Waals surface area contributed by atoms with E-state index in [0.29, 0.717) is 17.0 Å². The van der Waals surface area contributed by atoms with Crippen LogP contribution in [0.1, 0.15) is 31.9 Å². The Kier molecular flexibility index (Phi) is 9.46. The van der Waals surface area contributed by atoms with Crippen LogP contribution in [0.5, 0.6) is 5.75 Å². The standard InChI is InChI=1S/C23H25ClFNO6/c1-4-30-22(28)17(23(29)31-5-2)11-15-9-10-16(12-21(15)26-14(3)27)32-13-18-19(24)7-6-8-20(18)25/h6-10,12,17H,4-5,11,13H2,1-3H3,(H,26,27). The van der Waals surface area contributed by atoms with E-state index >= 15 is 0 Å². The molecule has 172 valence electrons. The highest BCUT2D eigenvalue weighted by molar-refractivity contribution is 6.31. The smallest absolute Gasteiger partial charge is 0.320 e. The van der Waals surface area contributed by atoms with Crippen LogP contribution < -0.4 is 10.1 Å². The van der Waals surface area contributed by atoms with Gasteiger partial charge in [-0.25, -0.2) is 4.39 Å². The van der Waals surface area contributed by atoms with E-state index in [2.05, 4.69) is 5.32 Å². The average molecular weight is 466 g/mol. The number of esters is 2. The van der Waals surface area contributed by atoms with Crippen molar-refractivity contribution in [2.45, 2.75) is 33.8 Å². The highest BCUT2D eigenvalue weighted by Crippen LogP contribution is 2.28. The highest BCUT2D eigenvalue weighted by Gasteiger charge is 2.30. The Morgan fingerprint density at radius 3 is 2.28 bits per heavy atom. The van der Waals surface area contributed by atoms with Crippen molar-refractivity contribution in [3.05, 3.63) is 58.4 Å². The van der Waals surface area contributed by atoms with Gasteiger partial charge in [0.25, 0.3) is 0 Å². The van der Waals surface area contributed by atoms with Crippen molar-refractivity contribution in [3.63, 3.8) is 0 Å². The molecule has 0 heterocycles. The van der Waals surface area contributed by atoms with Gasteiger partial charge in [0.2, 0.25) is 5.91 Å². The molecule has 2 rings (SSSR count). The molecule has 1 amide bonds. The molecule has 0 bridgehead atoms. The number of hydrogen-bond donors (Lipinski definition) is 1. The van der Waals surface area contributed by atoms with Crippen LogP contribution >= 0.6 is 11.6 Å². The first-order valence-corrected chi connectivity index (χ1v) is 10.4. The predicted octanol–water partition coefficient (Wildman–Crippen LogP) is 4.30. The summed E-state index contributed by atoms with van der Waals surface area (Å²) in [6.07, 6.45) is -0.0489. The lowest BCUT2D eigenvalue weighted by Gasteiger charge is -2.18. The number of nitrogens with one attached hydrogen (secondary N) is 1. The first-order valence-electron chi connectivity index (χ1n) is 10.1. The summed E-state index contributed by atoms with van der Waals surface area (Å²) >= 11 is 6.02. The minimum absolute atomic E-state index is 0.0489. The zero-order chi connectivity index (χ0) is 23.7. The van der Waals surface area contributed by atoms with E-state index in [0.717, 1.165) is 0 Å². The topological polar surface area (TPSA) is 90.9 Å². The minimum Gasteiger partial charge on any atom is -0.489 e. The van der Waals surface area contributed by atoms with Crippen LogP contribution in [0.2, 0.25) is 5.02 Å². The van der Waals surface area contributed by atoms with Crippen molar-refractivity contribution in [2.75, 3.05) is 18.5 Å². The fourth-order valence-corrected chi connectivity index (χ4v) is 3.14. The van der Waals surface area contributed by atoms with E-state index in [1.54, 1.807) is 32.0 Å². The monoisotopic (exact) mass is 465 g/mol. The van der Waals surface area contributed by atoms with E-state index in [9.17, 15) is 18.8 Å². The largest absolute Gasteiger partial charge is 0.489 e. The van der Waals surface area contributed by atoms with Crippen molar-refractivity contribution in [2.24, 2.45) is 5.92 Å². The van der Waals surface area contributed by atoms with E-state index < -0.39 is 23.7 Å². The number of anilines is 1. The van der Waals surface area contributed by atoms with Crippen LogP contribution in [0.15, 0.2) is 36.4 Å². The number of halogens is 2. The number of ether oxygens (including phenoxy) is 3. The third kappa shape index (κ3) is 6.95. The van der Waals surface area contributed by atoms with Crippen LogP contribution in [-0.4, -0.2) is 31.1 Å². The second kappa shape index (κ2) is 12.0. The molecule has 0 unspecified atom stereocenters. The first kappa shape index (κ1) is 25.1. The van der Waals surface area contributed by atoms with Gasteiger partial charge in [-0.15, -0.1) is 0 Å². The SMILES string of the molecule is CCOC(=O)C(Cc1ccc(OCc2c(F)cccc2Cl)cc1NC(C)=O)C(=O)OCC. The minimum atomic E-state index is -1.19. The lowest BCUT2D eigenvalue weighted by molar-refractivity contribution is -0.161. The molecule has 32 heavy (non-hydrogen) atoms. The molecule has 0 aliphatic carbocycles. The zero-order valence-corrected chi connectivity index (χ0v) is 18.8. The Balaban J connectivity index is 2.29. The molecule has 0 aliphatic rings. The molecule has 0 spiro atoms. The van der Waals surface area contributed by atoms with Crippen molar-refractivity contribution in [1.82, 2.24) is 0 Å². The van der Waals surface area contributed by atoms with E-state index in [-0.39, 0.29) is 42.7 Å². The van der Waals surface area contributed by atoms with Gasteiger partial charge in [0, 0.05) is 24.2 Å². The maximum Gasteiger partial charge on any atom is 0.320 e. The van der Waals surface area contributed by atoms with Gasteiger partial charge in [0.05, 0.1) is 18.2 Å². The summed E-state index contributed by atoms with van der Waals surface area (Å²) in [6, 6.07) is 9.05. The summed E-state index contributed by atoms with van der Waals surface area (Å²) in [5.74, 6) is -3.14. The van der Waals surface area contributed by atoms with E-state index in [4.69, 9.17) is 25.8 Å². The van der Waals surface area contributed by atoms with Crippen molar-refractivity contribution >= 4 is 35.1 Å². The second-order valence-corrected chi connectivity index (χ2v) is 7.16. The summed E-state index contributed by atoms with van der Waals surface area (Å²) < 4.78 is 29.6. The van der Waals surface area contributed by atoms with Gasteiger partial charge < -0.3 is 19.5 Å². The fourth-order valence-electron chi connectivity index (χ4n) is 2.92. The quantitative estimate of drug-likeness (QED) is 0.415. The van der Waals surface area contributed by atoms with Crippen molar-refractivity contribution in [3.8, 4) is 5.75 Å². The van der Waals surface area contributed by atoms with Gasteiger partial charge in [0.1, 0.15) is 18.2 Å². The summed E-state index contributed by atoms with van der Waals surface area (Å²) in [7, 11) is 0. The lowest BCUT2D eigenvalue weighted by atomic mass is 9.97. The number of hydrogen-bond acceptors (Lipinski definition) is 6. The molecule has 2 aromatic rings. The molecule has 0 saturated carbocycles. The summed E-state index contributed by atoms with van der Waals surface area (Å²) in [4.78, 5) is 36.3. The Morgan fingerprint density at radius 2 is 1.72 bits per heavy atom. The average Bonchev–Trinajstić information content (AvgIpc) is 2.72. The summed E-state index contributed by atoms with van der Waals surface area (Å²) in [5.41, 5.74) is 1.04. The molecule has 2 aromatic carbocycles. The Bertz CT molecular complexity index is 943. The van der Waals surface area contributed by atoms with Crippen molar-refractivity contribution in [1.29, 1.82) is 0 Å². The van der Waals surface area contributed by atoms with Crippen LogP contribution in [0, 0.1) is 11.7 Å². The molecule has 0 atom stereocenters. The Morgan fingerprint density at radius 1 is 1.06 bits per heavy atom. The normalized spacial score (nSPS) is 10.6. The summed E-state index contributed by atoms with van der Waals surface area (Å²) in [6.45, 7) is 4.69. The number of rotatable bonds is 10. The molecule has 0 aliphatic heterocycles. The molecule has 0 aromatic heterocycles. The molecule has 0 radical (unpaired) electrons. The van der Waals surface area contributed by atoms with Gasteiger partial charge in [0.15, 0.2) is 5.92 Å². The van der Waals surface area contributed by atoms with Crippen molar-refractivity contribution < 1.29 is 33.0 Å². The van der Waals surface area contributed by atoms with Crippen LogP contribution in [0.4, 0.5) is 10.1 Å². The fraction of sp³-hybridized carbons (Fsp3) is 0.348. The Labute approximate surface area is 190 Å². The zero-order valence-electron chi connectivity index (χ0n) is 18.1. The van der Waals surface area contributed by atoms with Gasteiger partial charge in [-0.3, -0.25) is 14.4 Å². The van der Waals surface area contributed by atoms with Crippen LogP contribution in [-0.2, 0) is 36.9 Å².